The molecule has 0 N–H and O–H groups in total. The van der Waals surface area contributed by atoms with Crippen molar-refractivity contribution in [3.63, 3.8) is 0 Å². The highest BCUT2D eigenvalue weighted by atomic mass is 35.5. The number of thioether (sulfide) groups is 1. The molecule has 0 aliphatic carbocycles. The molecule has 4 aromatic carbocycles. The van der Waals surface area contributed by atoms with Gasteiger partial charge < -0.3 is 4.90 Å². The summed E-state index contributed by atoms with van der Waals surface area (Å²) in [5.74, 6) is -0.623. The van der Waals surface area contributed by atoms with Crippen LogP contribution in [0, 0.1) is 0 Å². The van der Waals surface area contributed by atoms with E-state index in [1.165, 1.54) is 22.2 Å². The molecule has 0 spiro atoms. The van der Waals surface area contributed by atoms with E-state index in [2.05, 4.69) is 6.92 Å². The van der Waals surface area contributed by atoms with Gasteiger partial charge in [-0.1, -0.05) is 110 Å². The van der Waals surface area contributed by atoms with Crippen molar-refractivity contribution in [2.24, 2.45) is 0 Å². The van der Waals surface area contributed by atoms with Gasteiger partial charge in [0.1, 0.15) is 10.6 Å². The van der Waals surface area contributed by atoms with Crippen LogP contribution in [0.2, 0.25) is 5.02 Å². The number of hydrogen-bond donors (Lipinski definition) is 0. The summed E-state index contributed by atoms with van der Waals surface area (Å²) >= 11 is 7.44. The van der Waals surface area contributed by atoms with Crippen molar-refractivity contribution in [1.82, 2.24) is 4.90 Å². The Labute approximate surface area is 245 Å². The minimum Gasteiger partial charge on any atom is -0.357 e. The molecule has 4 nitrogen and oxygen atoms in total. The maximum Gasteiger partial charge on any atom is 0.283 e. The second-order valence-corrected chi connectivity index (χ2v) is 11.3. The van der Waals surface area contributed by atoms with E-state index in [9.17, 15) is 9.59 Å². The third-order valence-electron chi connectivity index (χ3n) is 6.81. The summed E-state index contributed by atoms with van der Waals surface area (Å²) in [6, 6.07) is 35.2. The normalized spacial score (nSPS) is 13.3. The Balaban J connectivity index is 1.56. The van der Waals surface area contributed by atoms with Crippen LogP contribution in [0.3, 0.4) is 0 Å². The van der Waals surface area contributed by atoms with Gasteiger partial charge in [-0.25, -0.2) is 4.90 Å². The van der Waals surface area contributed by atoms with Crippen molar-refractivity contribution in [2.45, 2.75) is 44.2 Å². The zero-order valence-corrected chi connectivity index (χ0v) is 24.0. The first-order chi connectivity index (χ1) is 19.5. The summed E-state index contributed by atoms with van der Waals surface area (Å²) in [4.78, 5) is 32.9. The molecule has 1 heterocycles. The molecule has 6 heteroatoms. The van der Waals surface area contributed by atoms with Crippen molar-refractivity contribution in [2.75, 3.05) is 4.90 Å². The maximum absolute atomic E-state index is 14.2. The molecule has 0 bridgehead atoms. The van der Waals surface area contributed by atoms with E-state index in [-0.39, 0.29) is 11.8 Å². The van der Waals surface area contributed by atoms with Crippen LogP contribution in [0.1, 0.15) is 36.5 Å². The molecular formula is C34H31ClN2O2S. The van der Waals surface area contributed by atoms with E-state index in [4.69, 9.17) is 11.6 Å². The fraction of sp³-hybridized carbons (Fsp3) is 0.176. The molecule has 0 saturated carbocycles. The lowest BCUT2D eigenvalue weighted by Gasteiger charge is -2.26. The van der Waals surface area contributed by atoms with Crippen molar-refractivity contribution < 1.29 is 9.59 Å². The number of rotatable bonds is 11. The van der Waals surface area contributed by atoms with Crippen LogP contribution in [-0.2, 0) is 29.1 Å². The number of amides is 2. The van der Waals surface area contributed by atoms with Gasteiger partial charge in [0.15, 0.2) is 0 Å². The lowest BCUT2D eigenvalue weighted by molar-refractivity contribution is -0.121. The van der Waals surface area contributed by atoms with Gasteiger partial charge in [0, 0.05) is 23.0 Å². The molecule has 0 fully saturated rings. The number of hydrogen-bond acceptors (Lipinski definition) is 4. The summed E-state index contributed by atoms with van der Waals surface area (Å²) in [6.07, 6.45) is 3.19. The van der Waals surface area contributed by atoms with E-state index < -0.39 is 0 Å². The Kier molecular flexibility index (Phi) is 9.04. The van der Waals surface area contributed by atoms with Crippen LogP contribution in [0.5, 0.6) is 0 Å². The second-order valence-electron chi connectivity index (χ2n) is 9.78. The van der Waals surface area contributed by atoms with E-state index in [0.717, 1.165) is 35.3 Å². The quantitative estimate of drug-likeness (QED) is 0.171. The van der Waals surface area contributed by atoms with Gasteiger partial charge in [-0.15, -0.1) is 0 Å². The third kappa shape index (κ3) is 6.49. The second kappa shape index (κ2) is 13.0. The first-order valence-corrected chi connectivity index (χ1v) is 14.7. The zero-order valence-electron chi connectivity index (χ0n) is 22.4. The average Bonchev–Trinajstić information content (AvgIpc) is 3.22. The van der Waals surface area contributed by atoms with Gasteiger partial charge in [0.2, 0.25) is 0 Å². The minimum atomic E-state index is -0.313. The van der Waals surface area contributed by atoms with Crippen molar-refractivity contribution in [3.8, 4) is 0 Å². The standard InChI is InChI=1S/C34H31ClN2O2S/c1-2-3-10-25-15-19-29(20-16-25)37-33(38)31(32(34(37)39)40-30-21-17-28(35)18-22-30)36(23-26-11-6-4-7-12-26)24-27-13-8-5-9-14-27/h4-9,11-22H,2-3,10,23-24H2,1H3. The summed E-state index contributed by atoms with van der Waals surface area (Å²) in [7, 11) is 0. The third-order valence-corrected chi connectivity index (χ3v) is 8.15. The number of unbranched alkanes of at least 4 members (excludes halogenated alkanes) is 1. The summed E-state index contributed by atoms with van der Waals surface area (Å²) < 4.78 is 0. The topological polar surface area (TPSA) is 40.6 Å². The monoisotopic (exact) mass is 566 g/mol. The smallest absolute Gasteiger partial charge is 0.283 e. The number of halogens is 1. The molecule has 0 radical (unpaired) electrons. The van der Waals surface area contributed by atoms with E-state index in [1.807, 2.05) is 102 Å². The number of aryl methyl sites for hydroxylation is 1. The zero-order chi connectivity index (χ0) is 27.9. The molecule has 1 aliphatic heterocycles. The molecule has 0 unspecified atom stereocenters. The Morgan fingerprint density at radius 2 is 1.27 bits per heavy atom. The number of carbonyl (C=O) groups is 2. The van der Waals surface area contributed by atoms with Crippen LogP contribution >= 0.6 is 23.4 Å². The molecule has 2 amide bonds. The van der Waals surface area contributed by atoms with Crippen LogP contribution in [-0.4, -0.2) is 16.7 Å². The van der Waals surface area contributed by atoms with Gasteiger partial charge >= 0.3 is 0 Å². The molecule has 5 rings (SSSR count). The van der Waals surface area contributed by atoms with Gasteiger partial charge in [-0.2, -0.15) is 0 Å². The Morgan fingerprint density at radius 3 is 1.82 bits per heavy atom. The summed E-state index contributed by atoms with van der Waals surface area (Å²) in [6.45, 7) is 3.14. The predicted molar refractivity (Wildman–Crippen MR) is 164 cm³/mol. The van der Waals surface area contributed by atoms with E-state index in [1.54, 1.807) is 12.1 Å². The molecule has 1 aliphatic rings. The SMILES string of the molecule is CCCCc1ccc(N2C(=O)C(Sc3ccc(Cl)cc3)=C(N(Cc3ccccc3)Cc3ccccc3)C2=O)cc1. The number of anilines is 1. The lowest BCUT2D eigenvalue weighted by atomic mass is 10.1. The van der Waals surface area contributed by atoms with Crippen molar-refractivity contribution in [1.29, 1.82) is 0 Å². The van der Waals surface area contributed by atoms with Gasteiger partial charge in [-0.3, -0.25) is 9.59 Å². The minimum absolute atomic E-state index is 0.311. The Morgan fingerprint density at radius 1 is 0.700 bits per heavy atom. The molecule has 0 atom stereocenters. The highest BCUT2D eigenvalue weighted by molar-refractivity contribution is 8.04. The number of carbonyl (C=O) groups excluding carboxylic acids is 2. The molecular weight excluding hydrogens is 536 g/mol. The van der Waals surface area contributed by atoms with Crippen molar-refractivity contribution >= 4 is 40.9 Å². The number of nitrogens with zero attached hydrogens (tertiary/aromatic N) is 2. The first kappa shape index (κ1) is 27.8. The fourth-order valence-electron chi connectivity index (χ4n) is 4.74. The van der Waals surface area contributed by atoms with Crippen LogP contribution in [0.15, 0.2) is 125 Å². The van der Waals surface area contributed by atoms with Gasteiger partial charge in [0.25, 0.3) is 11.8 Å². The fourth-order valence-corrected chi connectivity index (χ4v) is 5.86. The molecule has 4 aromatic rings. The maximum atomic E-state index is 14.2. The molecule has 0 aromatic heterocycles. The molecule has 0 saturated heterocycles. The van der Waals surface area contributed by atoms with E-state index in [0.29, 0.717) is 34.4 Å². The summed E-state index contributed by atoms with van der Waals surface area (Å²) in [5, 5.41) is 0.618. The molecule has 202 valence electrons. The van der Waals surface area contributed by atoms with Crippen molar-refractivity contribution in [3.05, 3.63) is 142 Å². The van der Waals surface area contributed by atoms with Crippen LogP contribution in [0.25, 0.3) is 0 Å². The van der Waals surface area contributed by atoms with Crippen LogP contribution < -0.4 is 4.90 Å². The largest absolute Gasteiger partial charge is 0.357 e. The lowest BCUT2D eigenvalue weighted by Crippen LogP contribution is -2.35. The average molecular weight is 567 g/mol. The molecule has 40 heavy (non-hydrogen) atoms. The first-order valence-electron chi connectivity index (χ1n) is 13.5. The van der Waals surface area contributed by atoms with E-state index >= 15 is 0 Å². The summed E-state index contributed by atoms with van der Waals surface area (Å²) in [5.41, 5.74) is 4.30. The van der Waals surface area contributed by atoms with Gasteiger partial charge in [0.05, 0.1) is 5.69 Å². The highest BCUT2D eigenvalue weighted by Gasteiger charge is 2.42. The van der Waals surface area contributed by atoms with Crippen LogP contribution in [0.4, 0.5) is 5.69 Å². The van der Waals surface area contributed by atoms with Gasteiger partial charge in [-0.05, 0) is 65.9 Å². The number of imide groups is 1. The number of benzene rings is 4. The Bertz CT molecular complexity index is 1450. The highest BCUT2D eigenvalue weighted by Crippen LogP contribution is 2.40. The predicted octanol–water partition coefficient (Wildman–Crippen LogP) is 8.26. The Hall–Kier alpha value is -3.80.